The van der Waals surface area contributed by atoms with Crippen molar-refractivity contribution < 1.29 is 23.3 Å². The number of hydrogen-bond donors (Lipinski definition) is 1. The molecule has 0 saturated carbocycles. The molecule has 0 aliphatic carbocycles. The number of halogens is 2. The Morgan fingerprint density at radius 1 is 0.879 bits per heavy atom. The molecule has 0 atom stereocenters. The van der Waals surface area contributed by atoms with Crippen LogP contribution in [0.5, 0.6) is 23.0 Å². The van der Waals surface area contributed by atoms with Gasteiger partial charge in [0.2, 0.25) is 0 Å². The Morgan fingerprint density at radius 3 is 2.36 bits per heavy atom. The van der Waals surface area contributed by atoms with Crippen molar-refractivity contribution in [3.63, 3.8) is 0 Å². The van der Waals surface area contributed by atoms with Crippen molar-refractivity contribution in [2.24, 2.45) is 0 Å². The summed E-state index contributed by atoms with van der Waals surface area (Å²) in [4.78, 5) is 0. The molecule has 0 aromatic heterocycles. The van der Waals surface area contributed by atoms with Crippen molar-refractivity contribution in [1.82, 2.24) is 5.32 Å². The predicted molar refractivity (Wildman–Crippen MR) is 128 cm³/mol. The topological polar surface area (TPSA) is 49.0 Å². The van der Waals surface area contributed by atoms with E-state index in [0.29, 0.717) is 46.7 Å². The number of benzene rings is 3. The lowest BCUT2D eigenvalue weighted by Crippen LogP contribution is -2.17. The molecule has 0 radical (unpaired) electrons. The van der Waals surface area contributed by atoms with Gasteiger partial charge in [-0.05, 0) is 61.3 Å². The van der Waals surface area contributed by atoms with E-state index in [4.69, 9.17) is 30.5 Å². The average Bonchev–Trinajstić information content (AvgIpc) is 2.82. The fourth-order valence-corrected chi connectivity index (χ4v) is 3.68. The fourth-order valence-electron chi connectivity index (χ4n) is 3.39. The van der Waals surface area contributed by atoms with E-state index in [-0.39, 0.29) is 12.4 Å². The van der Waals surface area contributed by atoms with Gasteiger partial charge in [-0.2, -0.15) is 0 Å². The Balaban J connectivity index is 1.61. The smallest absolute Gasteiger partial charge is 0.180 e. The Kier molecular flexibility index (Phi) is 9.22. The largest absolute Gasteiger partial charge is 0.493 e. The van der Waals surface area contributed by atoms with Crippen LogP contribution in [0.1, 0.15) is 23.6 Å². The molecule has 1 N–H and O–H groups in total. The summed E-state index contributed by atoms with van der Waals surface area (Å²) in [6.45, 7) is 3.80. The van der Waals surface area contributed by atoms with Crippen molar-refractivity contribution in [3.05, 3.63) is 82.1 Å². The number of hydrogen-bond acceptors (Lipinski definition) is 5. The summed E-state index contributed by atoms with van der Waals surface area (Å²) in [5.41, 5.74) is 2.57. The van der Waals surface area contributed by atoms with Crippen molar-refractivity contribution in [2.75, 3.05) is 27.4 Å². The van der Waals surface area contributed by atoms with Gasteiger partial charge in [0.05, 0.1) is 25.8 Å². The van der Waals surface area contributed by atoms with Gasteiger partial charge in [-0.3, -0.25) is 0 Å². The molecule has 3 rings (SSSR count). The molecule has 7 heteroatoms. The van der Waals surface area contributed by atoms with Gasteiger partial charge >= 0.3 is 0 Å². The minimum Gasteiger partial charge on any atom is -0.493 e. The second kappa shape index (κ2) is 12.3. The van der Waals surface area contributed by atoms with Gasteiger partial charge in [0.1, 0.15) is 12.4 Å². The van der Waals surface area contributed by atoms with Crippen LogP contribution in [0.25, 0.3) is 0 Å². The van der Waals surface area contributed by atoms with E-state index in [9.17, 15) is 4.39 Å². The number of methoxy groups -OCH3 is 2. The van der Waals surface area contributed by atoms with E-state index in [2.05, 4.69) is 5.32 Å². The van der Waals surface area contributed by atoms with E-state index in [1.165, 1.54) is 6.07 Å². The van der Waals surface area contributed by atoms with E-state index < -0.39 is 0 Å². The van der Waals surface area contributed by atoms with Crippen LogP contribution in [0.2, 0.25) is 5.02 Å². The molecule has 0 saturated heterocycles. The van der Waals surface area contributed by atoms with Gasteiger partial charge in [0.25, 0.3) is 0 Å². The zero-order chi connectivity index (χ0) is 23.6. The first kappa shape index (κ1) is 24.7. The summed E-state index contributed by atoms with van der Waals surface area (Å²) >= 11 is 6.49. The van der Waals surface area contributed by atoms with Crippen LogP contribution in [0.4, 0.5) is 4.39 Å². The highest BCUT2D eigenvalue weighted by Gasteiger charge is 2.14. The van der Waals surface area contributed by atoms with Crippen molar-refractivity contribution in [3.8, 4) is 23.0 Å². The predicted octanol–water partition coefficient (Wildman–Crippen LogP) is 5.81. The van der Waals surface area contributed by atoms with Gasteiger partial charge in [-0.1, -0.05) is 35.9 Å². The van der Waals surface area contributed by atoms with Gasteiger partial charge in [0.15, 0.2) is 23.0 Å². The molecular formula is C26H29ClFNO4. The number of rotatable bonds is 12. The Labute approximate surface area is 199 Å². The quantitative estimate of drug-likeness (QED) is 0.336. The third-order valence-electron chi connectivity index (χ3n) is 5.07. The lowest BCUT2D eigenvalue weighted by molar-refractivity contribution is 0.266. The molecule has 3 aromatic rings. The standard InChI is InChI=1S/C26H29ClFNO4/c1-4-32-25-15-19(13-21(27)26(25)33-17-20-7-5-6-8-22(20)28)16-29-12-11-18-9-10-23(30-2)24(14-18)31-3/h5-10,13-15,29H,4,11-12,16-17H2,1-3H3. The van der Waals surface area contributed by atoms with Crippen LogP contribution in [-0.2, 0) is 19.6 Å². The summed E-state index contributed by atoms with van der Waals surface area (Å²) in [5, 5.41) is 3.85. The average molecular weight is 474 g/mol. The zero-order valence-electron chi connectivity index (χ0n) is 19.1. The van der Waals surface area contributed by atoms with Crippen LogP contribution in [0.15, 0.2) is 54.6 Å². The first-order chi connectivity index (χ1) is 16.0. The molecule has 0 aliphatic heterocycles. The van der Waals surface area contributed by atoms with Gasteiger partial charge < -0.3 is 24.3 Å². The van der Waals surface area contributed by atoms with Crippen LogP contribution in [0.3, 0.4) is 0 Å². The molecule has 0 heterocycles. The normalized spacial score (nSPS) is 10.7. The highest BCUT2D eigenvalue weighted by atomic mass is 35.5. The minimum atomic E-state index is -0.318. The molecule has 3 aromatic carbocycles. The maximum atomic E-state index is 13.9. The number of nitrogens with one attached hydrogen (secondary N) is 1. The van der Waals surface area contributed by atoms with Crippen molar-refractivity contribution in [1.29, 1.82) is 0 Å². The molecular weight excluding hydrogens is 445 g/mol. The zero-order valence-corrected chi connectivity index (χ0v) is 19.9. The molecule has 5 nitrogen and oxygen atoms in total. The minimum absolute atomic E-state index is 0.0649. The van der Waals surface area contributed by atoms with Crippen LogP contribution in [-0.4, -0.2) is 27.4 Å². The summed E-state index contributed by atoms with van der Waals surface area (Å²) in [6.07, 6.45) is 0.830. The molecule has 0 fully saturated rings. The van der Waals surface area contributed by atoms with Gasteiger partial charge in [-0.25, -0.2) is 4.39 Å². The second-order valence-electron chi connectivity index (χ2n) is 7.33. The summed E-state index contributed by atoms with van der Waals surface area (Å²) in [7, 11) is 3.25. The van der Waals surface area contributed by atoms with E-state index in [1.54, 1.807) is 32.4 Å². The fraction of sp³-hybridized carbons (Fsp3) is 0.308. The van der Waals surface area contributed by atoms with Crippen LogP contribution in [0, 0.1) is 5.82 Å². The molecule has 0 unspecified atom stereocenters. The Bertz CT molecular complexity index is 1060. The SMILES string of the molecule is CCOc1cc(CNCCc2ccc(OC)c(OC)c2)cc(Cl)c1OCc1ccccc1F. The van der Waals surface area contributed by atoms with Crippen LogP contribution < -0.4 is 24.3 Å². The Hall–Kier alpha value is -2.96. The Morgan fingerprint density at radius 2 is 1.64 bits per heavy atom. The van der Waals surface area contributed by atoms with Crippen molar-refractivity contribution in [2.45, 2.75) is 26.5 Å². The van der Waals surface area contributed by atoms with E-state index >= 15 is 0 Å². The molecule has 33 heavy (non-hydrogen) atoms. The van der Waals surface area contributed by atoms with Crippen LogP contribution >= 0.6 is 11.6 Å². The summed E-state index contributed by atoms with van der Waals surface area (Å²) < 4.78 is 36.1. The summed E-state index contributed by atoms with van der Waals surface area (Å²) in [5.74, 6) is 2.06. The lowest BCUT2D eigenvalue weighted by Gasteiger charge is -2.16. The lowest BCUT2D eigenvalue weighted by atomic mass is 10.1. The first-order valence-electron chi connectivity index (χ1n) is 10.8. The summed E-state index contributed by atoms with van der Waals surface area (Å²) in [6, 6.07) is 16.1. The molecule has 0 spiro atoms. The number of ether oxygens (including phenoxy) is 4. The first-order valence-corrected chi connectivity index (χ1v) is 11.2. The van der Waals surface area contributed by atoms with Gasteiger partial charge in [0, 0.05) is 12.1 Å². The highest BCUT2D eigenvalue weighted by molar-refractivity contribution is 6.32. The third-order valence-corrected chi connectivity index (χ3v) is 5.35. The molecule has 0 amide bonds. The van der Waals surface area contributed by atoms with E-state index in [1.807, 2.05) is 37.3 Å². The van der Waals surface area contributed by atoms with Gasteiger partial charge in [-0.15, -0.1) is 0 Å². The van der Waals surface area contributed by atoms with E-state index in [0.717, 1.165) is 24.1 Å². The second-order valence-corrected chi connectivity index (χ2v) is 7.74. The molecule has 0 bridgehead atoms. The molecule has 176 valence electrons. The highest BCUT2D eigenvalue weighted by Crippen LogP contribution is 2.37. The van der Waals surface area contributed by atoms with Crippen molar-refractivity contribution >= 4 is 11.6 Å². The maximum absolute atomic E-state index is 13.9. The maximum Gasteiger partial charge on any atom is 0.180 e. The monoisotopic (exact) mass is 473 g/mol. The third kappa shape index (κ3) is 6.76. The molecule has 0 aliphatic rings.